The summed E-state index contributed by atoms with van der Waals surface area (Å²) in [6.45, 7) is 3.57. The van der Waals surface area contributed by atoms with Crippen molar-refractivity contribution in [3.63, 3.8) is 0 Å². The molecule has 0 radical (unpaired) electrons. The number of oxime groups is 1. The normalized spacial score (nSPS) is 9.41. The van der Waals surface area contributed by atoms with E-state index >= 15 is 0 Å². The standard InChI is InChI=1S/C7H7N.C6H6N2O/c1-2-7-5-3-4-6-8-7;9-8-5-6-2-1-3-7-4-6/h2-6H,1H2;1-5,9H/b;8-5+. The molecule has 0 amide bonds. The number of aromatic nitrogens is 2. The predicted molar refractivity (Wildman–Crippen MR) is 67.9 cm³/mol. The number of nitrogens with zero attached hydrogens (tertiary/aromatic N) is 3. The van der Waals surface area contributed by atoms with Gasteiger partial charge in [0.2, 0.25) is 0 Å². The largest absolute Gasteiger partial charge is 0.411 e. The van der Waals surface area contributed by atoms with Crippen molar-refractivity contribution in [2.24, 2.45) is 5.16 Å². The fraction of sp³-hybridized carbons (Fsp3) is 0. The lowest BCUT2D eigenvalue weighted by molar-refractivity contribution is 0.322. The van der Waals surface area contributed by atoms with E-state index in [2.05, 4.69) is 21.7 Å². The average molecular weight is 227 g/mol. The lowest BCUT2D eigenvalue weighted by Crippen LogP contribution is -1.79. The summed E-state index contributed by atoms with van der Waals surface area (Å²) >= 11 is 0. The van der Waals surface area contributed by atoms with Crippen molar-refractivity contribution in [1.82, 2.24) is 9.97 Å². The van der Waals surface area contributed by atoms with E-state index in [0.29, 0.717) is 0 Å². The van der Waals surface area contributed by atoms with Gasteiger partial charge < -0.3 is 5.21 Å². The van der Waals surface area contributed by atoms with Gasteiger partial charge in [-0.2, -0.15) is 0 Å². The molecule has 4 heteroatoms. The van der Waals surface area contributed by atoms with Gasteiger partial charge in [-0.1, -0.05) is 23.9 Å². The second-order valence-corrected chi connectivity index (χ2v) is 2.99. The molecule has 0 aliphatic carbocycles. The highest BCUT2D eigenvalue weighted by molar-refractivity contribution is 5.78. The van der Waals surface area contributed by atoms with Gasteiger partial charge in [0.1, 0.15) is 0 Å². The third-order valence-corrected chi connectivity index (χ3v) is 1.79. The molecule has 2 aromatic rings. The third kappa shape index (κ3) is 5.22. The van der Waals surface area contributed by atoms with Crippen molar-refractivity contribution in [2.45, 2.75) is 0 Å². The van der Waals surface area contributed by atoms with Crippen molar-refractivity contribution >= 4 is 12.3 Å². The Hall–Kier alpha value is -2.49. The smallest absolute Gasteiger partial charge is 0.0749 e. The summed E-state index contributed by atoms with van der Waals surface area (Å²) < 4.78 is 0. The molecule has 1 N–H and O–H groups in total. The molecule has 0 atom stereocenters. The van der Waals surface area contributed by atoms with Crippen LogP contribution in [0.15, 0.2) is 60.7 Å². The molecule has 17 heavy (non-hydrogen) atoms. The summed E-state index contributed by atoms with van der Waals surface area (Å²) in [4.78, 5) is 7.78. The molecular formula is C13H13N3O. The van der Waals surface area contributed by atoms with Crippen LogP contribution in [-0.2, 0) is 0 Å². The number of hydrogen-bond donors (Lipinski definition) is 1. The topological polar surface area (TPSA) is 58.4 Å². The summed E-state index contributed by atoms with van der Waals surface area (Å²) in [5.74, 6) is 0. The van der Waals surface area contributed by atoms with Gasteiger partial charge in [-0.25, -0.2) is 0 Å². The van der Waals surface area contributed by atoms with Crippen LogP contribution in [0.5, 0.6) is 0 Å². The van der Waals surface area contributed by atoms with Crippen LogP contribution in [0.2, 0.25) is 0 Å². The van der Waals surface area contributed by atoms with Crippen LogP contribution in [0.4, 0.5) is 0 Å². The van der Waals surface area contributed by atoms with Gasteiger partial charge >= 0.3 is 0 Å². The second-order valence-electron chi connectivity index (χ2n) is 2.99. The molecule has 0 aliphatic heterocycles. The lowest BCUT2D eigenvalue weighted by atomic mass is 10.3. The van der Waals surface area contributed by atoms with E-state index in [1.54, 1.807) is 36.8 Å². The molecule has 2 rings (SSSR count). The molecular weight excluding hydrogens is 214 g/mol. The van der Waals surface area contributed by atoms with Crippen molar-refractivity contribution in [1.29, 1.82) is 0 Å². The summed E-state index contributed by atoms with van der Waals surface area (Å²) in [7, 11) is 0. The number of hydrogen-bond acceptors (Lipinski definition) is 4. The number of rotatable bonds is 2. The molecule has 0 saturated heterocycles. The van der Waals surface area contributed by atoms with E-state index in [-0.39, 0.29) is 0 Å². The average Bonchev–Trinajstić information content (AvgIpc) is 2.42. The van der Waals surface area contributed by atoms with Gasteiger partial charge in [-0.05, 0) is 24.3 Å². The van der Waals surface area contributed by atoms with Crippen LogP contribution in [0.1, 0.15) is 11.3 Å². The van der Waals surface area contributed by atoms with Crippen molar-refractivity contribution in [3.8, 4) is 0 Å². The van der Waals surface area contributed by atoms with Crippen LogP contribution in [0.3, 0.4) is 0 Å². The van der Waals surface area contributed by atoms with Gasteiger partial charge in [0.15, 0.2) is 0 Å². The van der Waals surface area contributed by atoms with Crippen molar-refractivity contribution in [2.75, 3.05) is 0 Å². The SMILES string of the molecule is C=Cc1ccccn1.O/N=C/c1cccnc1. The Labute approximate surface area is 100.0 Å². The van der Waals surface area contributed by atoms with E-state index in [4.69, 9.17) is 5.21 Å². The first-order valence-corrected chi connectivity index (χ1v) is 4.97. The molecule has 2 aromatic heterocycles. The molecule has 0 spiro atoms. The van der Waals surface area contributed by atoms with Gasteiger partial charge in [-0.3, -0.25) is 9.97 Å². The molecule has 0 unspecified atom stereocenters. The highest BCUT2D eigenvalue weighted by Gasteiger charge is 1.81. The maximum absolute atomic E-state index is 8.06. The van der Waals surface area contributed by atoms with Crippen LogP contribution in [0, 0.1) is 0 Å². The van der Waals surface area contributed by atoms with E-state index in [1.165, 1.54) is 6.21 Å². The Morgan fingerprint density at radius 1 is 1.18 bits per heavy atom. The summed E-state index contributed by atoms with van der Waals surface area (Å²) in [6, 6.07) is 9.30. The van der Waals surface area contributed by atoms with Gasteiger partial charge in [0.25, 0.3) is 0 Å². The van der Waals surface area contributed by atoms with Gasteiger partial charge in [0, 0.05) is 24.2 Å². The minimum absolute atomic E-state index is 0.792. The maximum atomic E-state index is 8.06. The Morgan fingerprint density at radius 2 is 2.06 bits per heavy atom. The van der Waals surface area contributed by atoms with Gasteiger partial charge in [-0.15, -0.1) is 0 Å². The minimum Gasteiger partial charge on any atom is -0.411 e. The first-order chi connectivity index (χ1) is 8.36. The Balaban J connectivity index is 0.000000171. The maximum Gasteiger partial charge on any atom is 0.0749 e. The Morgan fingerprint density at radius 3 is 2.53 bits per heavy atom. The van der Waals surface area contributed by atoms with Crippen molar-refractivity contribution < 1.29 is 5.21 Å². The highest BCUT2D eigenvalue weighted by atomic mass is 16.4. The highest BCUT2D eigenvalue weighted by Crippen LogP contribution is 1.92. The van der Waals surface area contributed by atoms with Crippen molar-refractivity contribution in [3.05, 3.63) is 66.8 Å². The van der Waals surface area contributed by atoms with Crippen LogP contribution >= 0.6 is 0 Å². The fourth-order valence-electron chi connectivity index (χ4n) is 1.02. The molecule has 4 nitrogen and oxygen atoms in total. The van der Waals surface area contributed by atoms with Crippen LogP contribution in [-0.4, -0.2) is 21.4 Å². The molecule has 0 fully saturated rings. The first-order valence-electron chi connectivity index (χ1n) is 4.97. The molecule has 86 valence electrons. The van der Waals surface area contributed by atoms with Gasteiger partial charge in [0.05, 0.1) is 11.9 Å². The zero-order valence-corrected chi connectivity index (χ0v) is 9.27. The van der Waals surface area contributed by atoms with Crippen LogP contribution in [0.25, 0.3) is 6.08 Å². The quantitative estimate of drug-likeness (QED) is 0.487. The van der Waals surface area contributed by atoms with Crippen LogP contribution < -0.4 is 0 Å². The molecule has 0 bridgehead atoms. The monoisotopic (exact) mass is 227 g/mol. The Kier molecular flexibility index (Phi) is 5.74. The van der Waals surface area contributed by atoms with E-state index in [0.717, 1.165) is 11.3 Å². The third-order valence-electron chi connectivity index (χ3n) is 1.79. The molecule has 0 aliphatic rings. The minimum atomic E-state index is 0.792. The Bertz CT molecular complexity index is 455. The fourth-order valence-corrected chi connectivity index (χ4v) is 1.02. The lowest BCUT2D eigenvalue weighted by Gasteiger charge is -1.84. The zero-order valence-electron chi connectivity index (χ0n) is 9.27. The van der Waals surface area contributed by atoms with E-state index in [9.17, 15) is 0 Å². The first kappa shape index (κ1) is 12.6. The summed E-state index contributed by atoms with van der Waals surface area (Å²) in [5.41, 5.74) is 1.72. The predicted octanol–water partition coefficient (Wildman–Crippen LogP) is 2.61. The molecule has 0 saturated carbocycles. The summed E-state index contributed by atoms with van der Waals surface area (Å²) in [6.07, 6.45) is 8.07. The molecule has 0 aromatic carbocycles. The second kappa shape index (κ2) is 7.76. The summed E-state index contributed by atoms with van der Waals surface area (Å²) in [5, 5.41) is 10.9. The van der Waals surface area contributed by atoms with E-state index in [1.807, 2.05) is 18.2 Å². The molecule has 2 heterocycles. The number of pyridine rings is 2. The van der Waals surface area contributed by atoms with E-state index < -0.39 is 0 Å². The zero-order chi connectivity index (χ0) is 12.3.